The second-order valence-electron chi connectivity index (χ2n) is 3.23. The molecular weight excluding hydrogens is 162 g/mol. The van der Waals surface area contributed by atoms with Crippen LogP contribution in [0.25, 0.3) is 0 Å². The SMILES string of the molecule is CCC(N)c1cccc(CCO)c1. The molecule has 0 saturated heterocycles. The molecule has 0 heterocycles. The fourth-order valence-electron chi connectivity index (χ4n) is 1.34. The van der Waals surface area contributed by atoms with Crippen molar-refractivity contribution in [2.75, 3.05) is 6.61 Å². The molecular formula is C11H17NO. The van der Waals surface area contributed by atoms with Crippen LogP contribution < -0.4 is 5.73 Å². The predicted octanol–water partition coefficient (Wildman–Crippen LogP) is 1.63. The first kappa shape index (κ1) is 10.2. The standard InChI is InChI=1S/C11H17NO/c1-2-11(12)10-5-3-4-9(8-10)6-7-13/h3-5,8,11,13H,2,6-7,12H2,1H3. The fourth-order valence-corrected chi connectivity index (χ4v) is 1.34. The van der Waals surface area contributed by atoms with Crippen LogP contribution in [0.3, 0.4) is 0 Å². The fraction of sp³-hybridized carbons (Fsp3) is 0.455. The molecule has 1 aromatic rings. The normalized spacial score (nSPS) is 12.8. The topological polar surface area (TPSA) is 46.2 Å². The van der Waals surface area contributed by atoms with Crippen molar-refractivity contribution in [3.8, 4) is 0 Å². The van der Waals surface area contributed by atoms with Gasteiger partial charge in [-0.05, 0) is 24.0 Å². The summed E-state index contributed by atoms with van der Waals surface area (Å²) in [5, 5.41) is 8.78. The van der Waals surface area contributed by atoms with Crippen LogP contribution in [0, 0.1) is 0 Å². The van der Waals surface area contributed by atoms with Crippen molar-refractivity contribution < 1.29 is 5.11 Å². The van der Waals surface area contributed by atoms with Crippen LogP contribution in [0.1, 0.15) is 30.5 Å². The van der Waals surface area contributed by atoms with Gasteiger partial charge in [0.2, 0.25) is 0 Å². The van der Waals surface area contributed by atoms with E-state index in [0.29, 0.717) is 6.42 Å². The summed E-state index contributed by atoms with van der Waals surface area (Å²) in [5.41, 5.74) is 8.21. The van der Waals surface area contributed by atoms with E-state index in [1.54, 1.807) is 0 Å². The molecule has 0 aliphatic heterocycles. The highest BCUT2D eigenvalue weighted by molar-refractivity contribution is 5.25. The van der Waals surface area contributed by atoms with E-state index in [4.69, 9.17) is 10.8 Å². The van der Waals surface area contributed by atoms with Crippen molar-refractivity contribution in [1.29, 1.82) is 0 Å². The minimum absolute atomic E-state index is 0.124. The maximum atomic E-state index is 8.78. The third-order valence-electron chi connectivity index (χ3n) is 2.22. The summed E-state index contributed by atoms with van der Waals surface area (Å²) in [5.74, 6) is 0. The molecule has 0 aliphatic rings. The van der Waals surface area contributed by atoms with E-state index in [1.807, 2.05) is 18.2 Å². The Kier molecular flexibility index (Phi) is 3.93. The highest BCUT2D eigenvalue weighted by atomic mass is 16.2. The van der Waals surface area contributed by atoms with E-state index in [1.165, 1.54) is 0 Å². The Labute approximate surface area is 79.4 Å². The molecule has 0 aromatic heterocycles. The van der Waals surface area contributed by atoms with Crippen molar-refractivity contribution >= 4 is 0 Å². The zero-order chi connectivity index (χ0) is 9.68. The number of benzene rings is 1. The van der Waals surface area contributed by atoms with Crippen LogP contribution in [-0.4, -0.2) is 11.7 Å². The second kappa shape index (κ2) is 5.00. The van der Waals surface area contributed by atoms with Crippen LogP contribution in [-0.2, 0) is 6.42 Å². The first-order valence-corrected chi connectivity index (χ1v) is 4.73. The first-order chi connectivity index (χ1) is 6.27. The average Bonchev–Trinajstić information content (AvgIpc) is 2.18. The van der Waals surface area contributed by atoms with E-state index in [9.17, 15) is 0 Å². The van der Waals surface area contributed by atoms with Gasteiger partial charge in [0.15, 0.2) is 0 Å². The summed E-state index contributed by atoms with van der Waals surface area (Å²) in [6.07, 6.45) is 1.66. The number of aliphatic hydroxyl groups is 1. The third-order valence-corrected chi connectivity index (χ3v) is 2.22. The molecule has 1 atom stereocenters. The van der Waals surface area contributed by atoms with Gasteiger partial charge in [-0.2, -0.15) is 0 Å². The molecule has 0 spiro atoms. The Morgan fingerprint density at radius 3 is 2.85 bits per heavy atom. The van der Waals surface area contributed by atoms with Gasteiger partial charge >= 0.3 is 0 Å². The van der Waals surface area contributed by atoms with Gasteiger partial charge in [-0.15, -0.1) is 0 Å². The minimum Gasteiger partial charge on any atom is -0.396 e. The van der Waals surface area contributed by atoms with Gasteiger partial charge in [-0.1, -0.05) is 31.2 Å². The summed E-state index contributed by atoms with van der Waals surface area (Å²) in [6.45, 7) is 2.27. The molecule has 2 heteroatoms. The first-order valence-electron chi connectivity index (χ1n) is 4.73. The monoisotopic (exact) mass is 179 g/mol. The molecule has 0 bridgehead atoms. The van der Waals surface area contributed by atoms with Crippen molar-refractivity contribution in [1.82, 2.24) is 0 Å². The molecule has 0 amide bonds. The lowest BCUT2D eigenvalue weighted by Gasteiger charge is -2.10. The van der Waals surface area contributed by atoms with E-state index in [-0.39, 0.29) is 12.6 Å². The number of nitrogens with two attached hydrogens (primary N) is 1. The van der Waals surface area contributed by atoms with Crippen LogP contribution in [0.2, 0.25) is 0 Å². The molecule has 0 aliphatic carbocycles. The van der Waals surface area contributed by atoms with Crippen LogP contribution in [0.4, 0.5) is 0 Å². The van der Waals surface area contributed by atoms with Gasteiger partial charge in [0.25, 0.3) is 0 Å². The second-order valence-corrected chi connectivity index (χ2v) is 3.23. The summed E-state index contributed by atoms with van der Waals surface area (Å²) in [4.78, 5) is 0. The van der Waals surface area contributed by atoms with Gasteiger partial charge in [0.1, 0.15) is 0 Å². The van der Waals surface area contributed by atoms with Gasteiger partial charge < -0.3 is 10.8 Å². The molecule has 0 saturated carbocycles. The van der Waals surface area contributed by atoms with E-state index in [2.05, 4.69) is 13.0 Å². The van der Waals surface area contributed by atoms with Crippen LogP contribution >= 0.6 is 0 Å². The molecule has 1 unspecified atom stereocenters. The molecule has 13 heavy (non-hydrogen) atoms. The van der Waals surface area contributed by atoms with Gasteiger partial charge in [0, 0.05) is 12.6 Å². The smallest absolute Gasteiger partial charge is 0.0471 e. The number of aliphatic hydroxyl groups excluding tert-OH is 1. The summed E-state index contributed by atoms with van der Waals surface area (Å²) in [6, 6.07) is 8.25. The lowest BCUT2D eigenvalue weighted by atomic mass is 10.0. The zero-order valence-corrected chi connectivity index (χ0v) is 8.03. The van der Waals surface area contributed by atoms with E-state index in [0.717, 1.165) is 17.5 Å². The maximum absolute atomic E-state index is 8.78. The Morgan fingerprint density at radius 2 is 2.23 bits per heavy atom. The Hall–Kier alpha value is -0.860. The van der Waals surface area contributed by atoms with Crippen molar-refractivity contribution in [3.63, 3.8) is 0 Å². The zero-order valence-electron chi connectivity index (χ0n) is 8.03. The molecule has 0 radical (unpaired) electrons. The van der Waals surface area contributed by atoms with Gasteiger partial charge in [0.05, 0.1) is 0 Å². The van der Waals surface area contributed by atoms with E-state index < -0.39 is 0 Å². The highest BCUT2D eigenvalue weighted by Gasteiger charge is 2.02. The van der Waals surface area contributed by atoms with Crippen molar-refractivity contribution in [2.24, 2.45) is 5.73 Å². The number of hydrogen-bond acceptors (Lipinski definition) is 2. The number of hydrogen-bond donors (Lipinski definition) is 2. The molecule has 0 fully saturated rings. The van der Waals surface area contributed by atoms with E-state index >= 15 is 0 Å². The maximum Gasteiger partial charge on any atom is 0.0471 e. The third kappa shape index (κ3) is 2.83. The number of rotatable bonds is 4. The highest BCUT2D eigenvalue weighted by Crippen LogP contribution is 2.15. The quantitative estimate of drug-likeness (QED) is 0.738. The average molecular weight is 179 g/mol. The lowest BCUT2D eigenvalue weighted by Crippen LogP contribution is -2.08. The molecule has 3 N–H and O–H groups in total. The largest absolute Gasteiger partial charge is 0.396 e. The lowest BCUT2D eigenvalue weighted by molar-refractivity contribution is 0.299. The minimum atomic E-state index is 0.124. The van der Waals surface area contributed by atoms with Crippen LogP contribution in [0.5, 0.6) is 0 Å². The molecule has 2 nitrogen and oxygen atoms in total. The Morgan fingerprint density at radius 1 is 1.46 bits per heavy atom. The van der Waals surface area contributed by atoms with Gasteiger partial charge in [-0.25, -0.2) is 0 Å². The summed E-state index contributed by atoms with van der Waals surface area (Å²) in [7, 11) is 0. The Balaban J connectivity index is 2.78. The summed E-state index contributed by atoms with van der Waals surface area (Å²) < 4.78 is 0. The van der Waals surface area contributed by atoms with Gasteiger partial charge in [-0.3, -0.25) is 0 Å². The Bertz CT molecular complexity index is 260. The van der Waals surface area contributed by atoms with Crippen molar-refractivity contribution in [2.45, 2.75) is 25.8 Å². The molecule has 72 valence electrons. The van der Waals surface area contributed by atoms with Crippen LogP contribution in [0.15, 0.2) is 24.3 Å². The summed E-state index contributed by atoms with van der Waals surface area (Å²) >= 11 is 0. The molecule has 1 rings (SSSR count). The molecule has 1 aromatic carbocycles. The van der Waals surface area contributed by atoms with Crippen molar-refractivity contribution in [3.05, 3.63) is 35.4 Å². The predicted molar refractivity (Wildman–Crippen MR) is 54.5 cm³/mol.